The third kappa shape index (κ3) is 2.82. The first-order valence-corrected chi connectivity index (χ1v) is 9.05. The third-order valence-corrected chi connectivity index (χ3v) is 4.79. The van der Waals surface area contributed by atoms with Gasteiger partial charge in [0.1, 0.15) is 17.3 Å². The molecule has 2 heterocycles. The second-order valence-electron chi connectivity index (χ2n) is 6.28. The van der Waals surface area contributed by atoms with Crippen LogP contribution in [0.25, 0.3) is 27.6 Å². The van der Waals surface area contributed by atoms with Crippen molar-refractivity contribution < 1.29 is 4.74 Å². The molecule has 4 heteroatoms. The Morgan fingerprint density at radius 3 is 2.37 bits per heavy atom. The van der Waals surface area contributed by atoms with Crippen LogP contribution in [0, 0.1) is 0 Å². The van der Waals surface area contributed by atoms with Crippen molar-refractivity contribution in [1.82, 2.24) is 9.55 Å². The molecule has 5 rings (SSSR count). The SMILES string of the molecule is Clc1cccc(Oc2ccc3c4ccccc4n(-c4ccccn4)c3c2)c1. The van der Waals surface area contributed by atoms with E-state index >= 15 is 0 Å². The molecule has 0 bridgehead atoms. The van der Waals surface area contributed by atoms with Crippen molar-refractivity contribution in [3.63, 3.8) is 0 Å². The van der Waals surface area contributed by atoms with E-state index in [0.717, 1.165) is 28.0 Å². The largest absolute Gasteiger partial charge is 0.457 e. The van der Waals surface area contributed by atoms with Crippen molar-refractivity contribution in [2.75, 3.05) is 0 Å². The van der Waals surface area contributed by atoms with E-state index in [9.17, 15) is 0 Å². The van der Waals surface area contributed by atoms with Gasteiger partial charge in [0.15, 0.2) is 0 Å². The Hall–Kier alpha value is -3.30. The molecule has 0 fully saturated rings. The molecular weight excluding hydrogens is 356 g/mol. The highest BCUT2D eigenvalue weighted by molar-refractivity contribution is 6.30. The van der Waals surface area contributed by atoms with Crippen LogP contribution in [0.4, 0.5) is 0 Å². The smallest absolute Gasteiger partial charge is 0.137 e. The van der Waals surface area contributed by atoms with Crippen LogP contribution >= 0.6 is 11.6 Å². The van der Waals surface area contributed by atoms with E-state index in [4.69, 9.17) is 16.3 Å². The summed E-state index contributed by atoms with van der Waals surface area (Å²) in [4.78, 5) is 4.55. The summed E-state index contributed by atoms with van der Waals surface area (Å²) in [7, 11) is 0. The van der Waals surface area contributed by atoms with E-state index in [2.05, 4.69) is 33.8 Å². The number of hydrogen-bond donors (Lipinski definition) is 0. The van der Waals surface area contributed by atoms with Crippen LogP contribution in [0.3, 0.4) is 0 Å². The van der Waals surface area contributed by atoms with Gasteiger partial charge in [0.05, 0.1) is 11.0 Å². The highest BCUT2D eigenvalue weighted by atomic mass is 35.5. The van der Waals surface area contributed by atoms with Crippen molar-refractivity contribution in [2.45, 2.75) is 0 Å². The molecular formula is C23H15ClN2O. The molecule has 3 aromatic carbocycles. The van der Waals surface area contributed by atoms with Gasteiger partial charge < -0.3 is 4.74 Å². The van der Waals surface area contributed by atoms with E-state index in [1.165, 1.54) is 5.39 Å². The quantitative estimate of drug-likeness (QED) is 0.356. The number of ether oxygens (including phenoxy) is 1. The predicted octanol–water partition coefficient (Wildman–Crippen LogP) is 6.62. The van der Waals surface area contributed by atoms with Crippen LogP contribution in [-0.4, -0.2) is 9.55 Å². The van der Waals surface area contributed by atoms with Crippen molar-refractivity contribution in [2.24, 2.45) is 0 Å². The van der Waals surface area contributed by atoms with Crippen LogP contribution in [0.5, 0.6) is 11.5 Å². The number of para-hydroxylation sites is 1. The third-order valence-electron chi connectivity index (χ3n) is 4.56. The molecule has 2 aromatic heterocycles. The number of fused-ring (bicyclic) bond motifs is 3. The number of pyridine rings is 1. The molecule has 5 aromatic rings. The minimum atomic E-state index is 0.649. The zero-order valence-corrected chi connectivity index (χ0v) is 15.1. The minimum Gasteiger partial charge on any atom is -0.457 e. The van der Waals surface area contributed by atoms with Gasteiger partial charge in [-0.1, -0.05) is 41.9 Å². The summed E-state index contributed by atoms with van der Waals surface area (Å²) in [5.74, 6) is 2.34. The average molecular weight is 371 g/mol. The van der Waals surface area contributed by atoms with Gasteiger partial charge in [-0.15, -0.1) is 0 Å². The average Bonchev–Trinajstić information content (AvgIpc) is 3.02. The van der Waals surface area contributed by atoms with E-state index in [-0.39, 0.29) is 0 Å². The summed E-state index contributed by atoms with van der Waals surface area (Å²) < 4.78 is 8.20. The Labute approximate surface area is 161 Å². The van der Waals surface area contributed by atoms with Crippen molar-refractivity contribution in [1.29, 1.82) is 0 Å². The van der Waals surface area contributed by atoms with Gasteiger partial charge in [0.25, 0.3) is 0 Å². The van der Waals surface area contributed by atoms with Crippen LogP contribution in [0.2, 0.25) is 5.02 Å². The van der Waals surface area contributed by atoms with Gasteiger partial charge in [-0.25, -0.2) is 4.98 Å². The summed E-state index contributed by atoms with van der Waals surface area (Å²) in [6.45, 7) is 0. The molecule has 3 nitrogen and oxygen atoms in total. The Bertz CT molecular complexity index is 1260. The molecule has 0 saturated heterocycles. The highest BCUT2D eigenvalue weighted by Gasteiger charge is 2.13. The van der Waals surface area contributed by atoms with E-state index in [1.54, 1.807) is 6.07 Å². The molecule has 0 N–H and O–H groups in total. The summed E-state index contributed by atoms with van der Waals surface area (Å²) in [6, 6.07) is 27.8. The normalized spacial score (nSPS) is 11.1. The first-order valence-electron chi connectivity index (χ1n) is 8.68. The fourth-order valence-electron chi connectivity index (χ4n) is 3.41. The van der Waals surface area contributed by atoms with Crippen LogP contribution in [0.1, 0.15) is 0 Å². The highest BCUT2D eigenvalue weighted by Crippen LogP contribution is 2.34. The summed E-state index contributed by atoms with van der Waals surface area (Å²) in [5, 5.41) is 3.00. The van der Waals surface area contributed by atoms with Crippen molar-refractivity contribution in [3.05, 3.63) is 96.1 Å². The van der Waals surface area contributed by atoms with Crippen LogP contribution < -0.4 is 4.74 Å². The van der Waals surface area contributed by atoms with Crippen LogP contribution in [0.15, 0.2) is 91.1 Å². The fraction of sp³-hybridized carbons (Fsp3) is 0. The Balaban J connectivity index is 1.73. The lowest BCUT2D eigenvalue weighted by Gasteiger charge is -2.09. The Kier molecular flexibility index (Phi) is 3.80. The van der Waals surface area contributed by atoms with E-state index in [0.29, 0.717) is 10.8 Å². The van der Waals surface area contributed by atoms with Gasteiger partial charge in [-0.3, -0.25) is 4.57 Å². The van der Waals surface area contributed by atoms with E-state index in [1.807, 2.05) is 60.8 Å². The lowest BCUT2D eigenvalue weighted by molar-refractivity contribution is 0.483. The molecule has 0 aliphatic heterocycles. The number of rotatable bonds is 3. The lowest BCUT2D eigenvalue weighted by atomic mass is 10.1. The van der Waals surface area contributed by atoms with Crippen molar-refractivity contribution in [3.8, 4) is 17.3 Å². The predicted molar refractivity (Wildman–Crippen MR) is 110 cm³/mol. The molecule has 0 unspecified atom stereocenters. The second-order valence-corrected chi connectivity index (χ2v) is 6.72. The molecule has 0 saturated carbocycles. The summed E-state index contributed by atoms with van der Waals surface area (Å²) >= 11 is 6.07. The zero-order chi connectivity index (χ0) is 18.2. The Morgan fingerprint density at radius 1 is 0.704 bits per heavy atom. The Morgan fingerprint density at radius 2 is 1.52 bits per heavy atom. The van der Waals surface area contributed by atoms with Gasteiger partial charge in [0, 0.05) is 28.1 Å². The number of hydrogen-bond acceptors (Lipinski definition) is 2. The monoisotopic (exact) mass is 370 g/mol. The maximum Gasteiger partial charge on any atom is 0.137 e. The number of halogens is 1. The maximum atomic E-state index is 6.07. The molecule has 0 amide bonds. The zero-order valence-electron chi connectivity index (χ0n) is 14.3. The van der Waals surface area contributed by atoms with Gasteiger partial charge in [0.2, 0.25) is 0 Å². The van der Waals surface area contributed by atoms with Gasteiger partial charge in [-0.2, -0.15) is 0 Å². The number of nitrogens with zero attached hydrogens (tertiary/aromatic N) is 2. The molecule has 0 atom stereocenters. The topological polar surface area (TPSA) is 27.1 Å². The lowest BCUT2D eigenvalue weighted by Crippen LogP contribution is -1.96. The first-order chi connectivity index (χ1) is 13.3. The fourth-order valence-corrected chi connectivity index (χ4v) is 3.59. The summed E-state index contributed by atoms with van der Waals surface area (Å²) in [6.07, 6.45) is 1.81. The molecule has 27 heavy (non-hydrogen) atoms. The van der Waals surface area contributed by atoms with Crippen molar-refractivity contribution >= 4 is 33.4 Å². The van der Waals surface area contributed by atoms with E-state index < -0.39 is 0 Å². The van der Waals surface area contributed by atoms with Gasteiger partial charge >= 0.3 is 0 Å². The minimum absolute atomic E-state index is 0.649. The molecule has 0 spiro atoms. The number of benzene rings is 3. The molecule has 0 radical (unpaired) electrons. The van der Waals surface area contributed by atoms with Gasteiger partial charge in [-0.05, 0) is 48.5 Å². The van der Waals surface area contributed by atoms with Crippen LogP contribution in [-0.2, 0) is 0 Å². The first kappa shape index (κ1) is 15.9. The standard InChI is InChI=1S/C23H15ClN2O/c24-16-6-5-7-17(14-16)27-18-11-12-20-19-8-1-2-9-21(19)26(22(20)15-18)23-10-3-4-13-25-23/h1-15H. The molecule has 130 valence electrons. The second kappa shape index (κ2) is 6.45. The molecule has 0 aliphatic rings. The number of aromatic nitrogens is 2. The molecule has 0 aliphatic carbocycles. The summed E-state index contributed by atoms with van der Waals surface area (Å²) in [5.41, 5.74) is 2.17. The maximum absolute atomic E-state index is 6.07.